The van der Waals surface area contributed by atoms with Crippen LogP contribution in [-0.4, -0.2) is 30.9 Å². The molecule has 5 nitrogen and oxygen atoms in total. The number of alkyl halides is 1. The van der Waals surface area contributed by atoms with Crippen LogP contribution in [0.1, 0.15) is 5.56 Å². The third-order valence-corrected chi connectivity index (χ3v) is 3.00. The number of rotatable bonds is 3. The molecule has 0 atom stereocenters. The van der Waals surface area contributed by atoms with Gasteiger partial charge in [0.2, 0.25) is 5.91 Å². The quantitative estimate of drug-likeness (QED) is 0.819. The topological polar surface area (TPSA) is 61.4 Å². The number of hydrogen-bond acceptors (Lipinski definition) is 2. The minimum atomic E-state index is -0.266. The third kappa shape index (κ3) is 2.56. The van der Waals surface area contributed by atoms with Gasteiger partial charge in [-0.3, -0.25) is 9.69 Å². The second kappa shape index (κ2) is 5.27. The zero-order valence-electron chi connectivity index (χ0n) is 10.00. The van der Waals surface area contributed by atoms with Crippen molar-refractivity contribution in [3.05, 3.63) is 23.8 Å². The lowest BCUT2D eigenvalue weighted by molar-refractivity contribution is -0.113. The van der Waals surface area contributed by atoms with Gasteiger partial charge in [-0.1, -0.05) is 6.07 Å². The van der Waals surface area contributed by atoms with Crippen molar-refractivity contribution in [3.8, 4) is 0 Å². The number of halogens is 1. The molecule has 0 aliphatic carbocycles. The van der Waals surface area contributed by atoms with Gasteiger partial charge in [0.25, 0.3) is 0 Å². The number of nitrogens with zero attached hydrogens (tertiary/aromatic N) is 1. The van der Waals surface area contributed by atoms with Gasteiger partial charge in [-0.05, 0) is 24.6 Å². The first-order valence-electron chi connectivity index (χ1n) is 5.63. The molecule has 0 bridgehead atoms. The summed E-state index contributed by atoms with van der Waals surface area (Å²) in [7, 11) is 0. The summed E-state index contributed by atoms with van der Waals surface area (Å²) in [6.45, 7) is 3.19. The van der Waals surface area contributed by atoms with Crippen LogP contribution in [0.15, 0.2) is 18.2 Å². The summed E-state index contributed by atoms with van der Waals surface area (Å²) < 4.78 is 0. The van der Waals surface area contributed by atoms with E-state index >= 15 is 0 Å². The fourth-order valence-corrected chi connectivity index (χ4v) is 1.94. The molecule has 0 aromatic heterocycles. The first-order valence-corrected chi connectivity index (χ1v) is 6.17. The molecule has 1 heterocycles. The fourth-order valence-electron chi connectivity index (χ4n) is 1.87. The van der Waals surface area contributed by atoms with Crippen molar-refractivity contribution >= 4 is 34.9 Å². The minimum absolute atomic E-state index is 0.0899. The highest BCUT2D eigenvalue weighted by atomic mass is 35.5. The zero-order chi connectivity index (χ0) is 13.1. The molecule has 1 aliphatic rings. The number of carbonyl (C=O) groups excluding carboxylic acids is 2. The fraction of sp³-hybridized carbons (Fsp3) is 0.333. The average molecular weight is 268 g/mol. The maximum absolute atomic E-state index is 11.6. The Bertz CT molecular complexity index is 490. The number of urea groups is 1. The summed E-state index contributed by atoms with van der Waals surface area (Å²) in [5.41, 5.74) is 2.43. The molecule has 1 aliphatic heterocycles. The Morgan fingerprint density at radius 1 is 1.56 bits per heavy atom. The maximum atomic E-state index is 11.6. The molecule has 1 aromatic rings. The Hall–Kier alpha value is -1.75. The van der Waals surface area contributed by atoms with Crippen LogP contribution in [0.5, 0.6) is 0 Å². The lowest BCUT2D eigenvalue weighted by Gasteiger charge is -2.18. The van der Waals surface area contributed by atoms with Crippen LogP contribution in [0.4, 0.5) is 16.2 Å². The molecule has 2 N–H and O–H groups in total. The number of benzene rings is 1. The first-order chi connectivity index (χ1) is 8.61. The Morgan fingerprint density at radius 2 is 2.33 bits per heavy atom. The Balaban J connectivity index is 2.26. The van der Waals surface area contributed by atoms with Gasteiger partial charge in [-0.2, -0.15) is 0 Å². The second-order valence-corrected chi connectivity index (χ2v) is 4.33. The lowest BCUT2D eigenvalue weighted by Crippen LogP contribution is -2.28. The smallest absolute Gasteiger partial charge is 0.322 e. The molecule has 3 amide bonds. The zero-order valence-corrected chi connectivity index (χ0v) is 10.8. The van der Waals surface area contributed by atoms with Crippen molar-refractivity contribution in [1.82, 2.24) is 5.32 Å². The van der Waals surface area contributed by atoms with Crippen molar-refractivity contribution in [1.29, 1.82) is 0 Å². The summed E-state index contributed by atoms with van der Waals surface area (Å²) in [6.07, 6.45) is 0. The number of hydrogen-bond donors (Lipinski definition) is 2. The SMILES string of the molecule is Cc1ccc(NC(=O)CCl)cc1N1CCNC1=O. The second-order valence-electron chi connectivity index (χ2n) is 4.07. The van der Waals surface area contributed by atoms with Gasteiger partial charge in [0.05, 0.1) is 5.69 Å². The van der Waals surface area contributed by atoms with Crippen LogP contribution in [0, 0.1) is 6.92 Å². The molecule has 1 fully saturated rings. The molecule has 0 radical (unpaired) electrons. The van der Waals surface area contributed by atoms with Crippen molar-refractivity contribution in [3.63, 3.8) is 0 Å². The highest BCUT2D eigenvalue weighted by Crippen LogP contribution is 2.25. The van der Waals surface area contributed by atoms with E-state index in [1.54, 1.807) is 17.0 Å². The van der Waals surface area contributed by atoms with Gasteiger partial charge < -0.3 is 10.6 Å². The molecule has 0 unspecified atom stereocenters. The monoisotopic (exact) mass is 267 g/mol. The van der Waals surface area contributed by atoms with E-state index in [0.717, 1.165) is 11.3 Å². The van der Waals surface area contributed by atoms with E-state index < -0.39 is 0 Å². The summed E-state index contributed by atoms with van der Waals surface area (Å²) in [6, 6.07) is 5.33. The minimum Gasteiger partial charge on any atom is -0.336 e. The summed E-state index contributed by atoms with van der Waals surface area (Å²) >= 11 is 5.44. The highest BCUT2D eigenvalue weighted by molar-refractivity contribution is 6.29. The summed E-state index contributed by atoms with van der Waals surface area (Å²) in [5.74, 6) is -0.356. The van der Waals surface area contributed by atoms with Crippen LogP contribution in [0.3, 0.4) is 0 Å². The first kappa shape index (κ1) is 12.7. The van der Waals surface area contributed by atoms with E-state index in [1.807, 2.05) is 13.0 Å². The maximum Gasteiger partial charge on any atom is 0.322 e. The molecule has 2 rings (SSSR count). The molecular formula is C12H14ClN3O2. The van der Waals surface area contributed by atoms with Crippen LogP contribution < -0.4 is 15.5 Å². The van der Waals surface area contributed by atoms with E-state index in [4.69, 9.17) is 11.6 Å². The van der Waals surface area contributed by atoms with E-state index in [-0.39, 0.29) is 17.8 Å². The molecule has 18 heavy (non-hydrogen) atoms. The molecule has 96 valence electrons. The Labute approximate surface area is 110 Å². The number of nitrogens with one attached hydrogen (secondary N) is 2. The van der Waals surface area contributed by atoms with Crippen molar-refractivity contribution < 1.29 is 9.59 Å². The molecular weight excluding hydrogens is 254 g/mol. The van der Waals surface area contributed by atoms with Crippen LogP contribution >= 0.6 is 11.6 Å². The van der Waals surface area contributed by atoms with E-state index in [1.165, 1.54) is 0 Å². The summed E-state index contributed by atoms with van der Waals surface area (Å²) in [4.78, 5) is 24.5. The van der Waals surface area contributed by atoms with Crippen LogP contribution in [0.2, 0.25) is 0 Å². The normalized spacial score (nSPS) is 14.6. The molecule has 1 saturated heterocycles. The molecule has 1 aromatic carbocycles. The lowest BCUT2D eigenvalue weighted by atomic mass is 10.1. The third-order valence-electron chi connectivity index (χ3n) is 2.76. The van der Waals surface area contributed by atoms with E-state index in [9.17, 15) is 9.59 Å². The summed E-state index contributed by atoms with van der Waals surface area (Å²) in [5, 5.41) is 5.41. The molecule has 6 heteroatoms. The molecule has 0 spiro atoms. The standard InChI is InChI=1S/C12H14ClN3O2/c1-8-2-3-9(15-11(17)7-13)6-10(8)16-5-4-14-12(16)18/h2-3,6H,4-5,7H2,1H3,(H,14,18)(H,15,17). The van der Waals surface area contributed by atoms with Gasteiger partial charge in [-0.25, -0.2) is 4.79 Å². The largest absolute Gasteiger partial charge is 0.336 e. The molecule has 0 saturated carbocycles. The van der Waals surface area contributed by atoms with E-state index in [2.05, 4.69) is 10.6 Å². The van der Waals surface area contributed by atoms with E-state index in [0.29, 0.717) is 18.8 Å². The number of carbonyl (C=O) groups is 2. The van der Waals surface area contributed by atoms with Crippen LogP contribution in [0.25, 0.3) is 0 Å². The van der Waals surface area contributed by atoms with Crippen molar-refractivity contribution in [2.45, 2.75) is 6.92 Å². The number of anilines is 2. The van der Waals surface area contributed by atoms with Crippen LogP contribution in [-0.2, 0) is 4.79 Å². The Kier molecular flexibility index (Phi) is 3.72. The predicted molar refractivity (Wildman–Crippen MR) is 71.3 cm³/mol. The average Bonchev–Trinajstić information content (AvgIpc) is 2.77. The number of aryl methyl sites for hydroxylation is 1. The van der Waals surface area contributed by atoms with Crippen molar-refractivity contribution in [2.24, 2.45) is 0 Å². The van der Waals surface area contributed by atoms with Gasteiger partial charge in [0.1, 0.15) is 5.88 Å². The Morgan fingerprint density at radius 3 is 2.94 bits per heavy atom. The van der Waals surface area contributed by atoms with Gasteiger partial charge in [0.15, 0.2) is 0 Å². The number of amides is 3. The predicted octanol–water partition coefficient (Wildman–Crippen LogP) is 1.70. The van der Waals surface area contributed by atoms with Gasteiger partial charge >= 0.3 is 6.03 Å². The van der Waals surface area contributed by atoms with Gasteiger partial charge in [-0.15, -0.1) is 11.6 Å². The van der Waals surface area contributed by atoms with Gasteiger partial charge in [0, 0.05) is 18.8 Å². The highest BCUT2D eigenvalue weighted by Gasteiger charge is 2.22. The van der Waals surface area contributed by atoms with Crippen molar-refractivity contribution in [2.75, 3.05) is 29.2 Å².